The molecule has 1 amide bonds. The predicted molar refractivity (Wildman–Crippen MR) is 66.5 cm³/mol. The van der Waals surface area contributed by atoms with E-state index in [1.165, 1.54) is 6.42 Å². The molecule has 2 aliphatic rings. The normalized spacial score (nSPS) is 38.0. The SMILES string of the molecule is CC1CCCC(N)(C(=O)NCC2CCCO2)C1. The second-order valence-corrected chi connectivity index (χ2v) is 5.70. The molecule has 0 bridgehead atoms. The molecular weight excluding hydrogens is 216 g/mol. The molecule has 1 aliphatic heterocycles. The summed E-state index contributed by atoms with van der Waals surface area (Å²) in [5, 5.41) is 2.97. The molecule has 1 heterocycles. The van der Waals surface area contributed by atoms with E-state index in [0.717, 1.165) is 38.7 Å². The van der Waals surface area contributed by atoms with E-state index < -0.39 is 5.54 Å². The molecule has 1 saturated heterocycles. The minimum Gasteiger partial charge on any atom is -0.376 e. The van der Waals surface area contributed by atoms with Crippen molar-refractivity contribution in [3.05, 3.63) is 0 Å². The van der Waals surface area contributed by atoms with Crippen LogP contribution in [0, 0.1) is 5.92 Å². The van der Waals surface area contributed by atoms with Crippen molar-refractivity contribution in [1.29, 1.82) is 0 Å². The second-order valence-electron chi connectivity index (χ2n) is 5.70. The molecule has 4 nitrogen and oxygen atoms in total. The van der Waals surface area contributed by atoms with Gasteiger partial charge in [-0.1, -0.05) is 19.8 Å². The highest BCUT2D eigenvalue weighted by Gasteiger charge is 2.38. The number of hydrogen-bond acceptors (Lipinski definition) is 3. The van der Waals surface area contributed by atoms with Crippen LogP contribution in [0.2, 0.25) is 0 Å². The minimum absolute atomic E-state index is 0.0135. The lowest BCUT2D eigenvalue weighted by molar-refractivity contribution is -0.128. The summed E-state index contributed by atoms with van der Waals surface area (Å²) in [5.41, 5.74) is 5.58. The average molecular weight is 240 g/mol. The average Bonchev–Trinajstić information content (AvgIpc) is 2.78. The molecule has 2 fully saturated rings. The lowest BCUT2D eigenvalue weighted by atomic mass is 9.76. The summed E-state index contributed by atoms with van der Waals surface area (Å²) >= 11 is 0. The maximum absolute atomic E-state index is 12.1. The molecule has 4 heteroatoms. The van der Waals surface area contributed by atoms with Crippen LogP contribution in [0.15, 0.2) is 0 Å². The Kier molecular flexibility index (Phi) is 4.05. The van der Waals surface area contributed by atoms with Gasteiger partial charge in [-0.15, -0.1) is 0 Å². The molecule has 2 rings (SSSR count). The second kappa shape index (κ2) is 5.36. The Labute approximate surface area is 103 Å². The fourth-order valence-corrected chi connectivity index (χ4v) is 2.99. The van der Waals surface area contributed by atoms with Gasteiger partial charge in [-0.05, 0) is 31.6 Å². The van der Waals surface area contributed by atoms with Crippen LogP contribution in [0.4, 0.5) is 0 Å². The summed E-state index contributed by atoms with van der Waals surface area (Å²) in [6, 6.07) is 0. The fourth-order valence-electron chi connectivity index (χ4n) is 2.99. The van der Waals surface area contributed by atoms with Gasteiger partial charge in [0, 0.05) is 13.2 Å². The van der Waals surface area contributed by atoms with Crippen LogP contribution in [0.1, 0.15) is 45.4 Å². The van der Waals surface area contributed by atoms with Gasteiger partial charge in [0.15, 0.2) is 0 Å². The summed E-state index contributed by atoms with van der Waals surface area (Å²) in [6.45, 7) is 3.62. The Balaban J connectivity index is 1.81. The Morgan fingerprint density at radius 3 is 2.94 bits per heavy atom. The van der Waals surface area contributed by atoms with Gasteiger partial charge < -0.3 is 15.8 Å². The Hall–Kier alpha value is -0.610. The summed E-state index contributed by atoms with van der Waals surface area (Å²) in [7, 11) is 0. The van der Waals surface area contributed by atoms with Gasteiger partial charge in [0.2, 0.25) is 5.91 Å². The molecule has 3 N–H and O–H groups in total. The van der Waals surface area contributed by atoms with Gasteiger partial charge in [0.25, 0.3) is 0 Å². The monoisotopic (exact) mass is 240 g/mol. The topological polar surface area (TPSA) is 64.4 Å². The van der Waals surface area contributed by atoms with Crippen molar-refractivity contribution >= 4 is 5.91 Å². The zero-order valence-corrected chi connectivity index (χ0v) is 10.7. The molecule has 0 radical (unpaired) electrons. The van der Waals surface area contributed by atoms with Crippen LogP contribution in [-0.4, -0.2) is 30.7 Å². The summed E-state index contributed by atoms with van der Waals surface area (Å²) in [4.78, 5) is 12.1. The largest absolute Gasteiger partial charge is 0.376 e. The van der Waals surface area contributed by atoms with Gasteiger partial charge in [0.05, 0.1) is 11.6 Å². The standard InChI is InChI=1S/C13H24N2O2/c1-10-4-2-6-13(14,8-10)12(16)15-9-11-5-3-7-17-11/h10-11H,2-9,14H2,1H3,(H,15,16). The van der Waals surface area contributed by atoms with Gasteiger partial charge in [-0.25, -0.2) is 0 Å². The number of rotatable bonds is 3. The maximum Gasteiger partial charge on any atom is 0.240 e. The molecule has 3 atom stereocenters. The molecule has 0 aromatic heterocycles. The first-order valence-electron chi connectivity index (χ1n) is 6.79. The van der Waals surface area contributed by atoms with Gasteiger partial charge in [0.1, 0.15) is 0 Å². The number of carbonyl (C=O) groups is 1. The first-order chi connectivity index (χ1) is 8.10. The highest BCUT2D eigenvalue weighted by molar-refractivity contribution is 5.86. The summed E-state index contributed by atoms with van der Waals surface area (Å²) in [5.74, 6) is 0.571. The van der Waals surface area contributed by atoms with E-state index in [1.807, 2.05) is 0 Å². The van der Waals surface area contributed by atoms with Crippen LogP contribution in [0.3, 0.4) is 0 Å². The van der Waals surface area contributed by atoms with E-state index in [-0.39, 0.29) is 12.0 Å². The van der Waals surface area contributed by atoms with E-state index in [0.29, 0.717) is 12.5 Å². The fraction of sp³-hybridized carbons (Fsp3) is 0.923. The first kappa shape index (κ1) is 12.8. The predicted octanol–water partition coefficient (Wildman–Crippen LogP) is 1.19. The third-order valence-corrected chi connectivity index (χ3v) is 4.00. The van der Waals surface area contributed by atoms with Crippen molar-refractivity contribution in [1.82, 2.24) is 5.32 Å². The highest BCUT2D eigenvalue weighted by Crippen LogP contribution is 2.30. The lowest BCUT2D eigenvalue weighted by Gasteiger charge is -2.35. The van der Waals surface area contributed by atoms with Crippen LogP contribution in [0.5, 0.6) is 0 Å². The molecule has 0 spiro atoms. The molecule has 1 aliphatic carbocycles. The first-order valence-corrected chi connectivity index (χ1v) is 6.79. The summed E-state index contributed by atoms with van der Waals surface area (Å²) in [6.07, 6.45) is 6.23. The van der Waals surface area contributed by atoms with Crippen LogP contribution in [0.25, 0.3) is 0 Å². The van der Waals surface area contributed by atoms with Crippen molar-refractivity contribution in [2.75, 3.05) is 13.2 Å². The number of carbonyl (C=O) groups excluding carboxylic acids is 1. The van der Waals surface area contributed by atoms with E-state index in [2.05, 4.69) is 12.2 Å². The number of hydrogen-bond donors (Lipinski definition) is 2. The zero-order valence-electron chi connectivity index (χ0n) is 10.7. The number of nitrogens with one attached hydrogen (secondary N) is 1. The molecule has 0 aromatic carbocycles. The van der Waals surface area contributed by atoms with E-state index >= 15 is 0 Å². The highest BCUT2D eigenvalue weighted by atomic mass is 16.5. The molecule has 17 heavy (non-hydrogen) atoms. The van der Waals surface area contributed by atoms with Gasteiger partial charge in [-0.3, -0.25) is 4.79 Å². The third-order valence-electron chi connectivity index (χ3n) is 4.00. The molecule has 98 valence electrons. The Morgan fingerprint density at radius 2 is 2.29 bits per heavy atom. The maximum atomic E-state index is 12.1. The van der Waals surface area contributed by atoms with E-state index in [1.54, 1.807) is 0 Å². The molecule has 1 saturated carbocycles. The number of ether oxygens (including phenoxy) is 1. The van der Waals surface area contributed by atoms with Gasteiger partial charge >= 0.3 is 0 Å². The van der Waals surface area contributed by atoms with E-state index in [9.17, 15) is 4.79 Å². The quantitative estimate of drug-likeness (QED) is 0.779. The third kappa shape index (κ3) is 3.19. The van der Waals surface area contributed by atoms with Crippen LogP contribution >= 0.6 is 0 Å². The van der Waals surface area contributed by atoms with Crippen LogP contribution in [-0.2, 0) is 9.53 Å². The minimum atomic E-state index is -0.643. The van der Waals surface area contributed by atoms with E-state index in [4.69, 9.17) is 10.5 Å². The number of amides is 1. The molecule has 0 aromatic rings. The van der Waals surface area contributed by atoms with Crippen molar-refractivity contribution in [2.45, 2.75) is 57.1 Å². The van der Waals surface area contributed by atoms with Crippen molar-refractivity contribution in [3.63, 3.8) is 0 Å². The van der Waals surface area contributed by atoms with Crippen molar-refractivity contribution in [3.8, 4) is 0 Å². The van der Waals surface area contributed by atoms with Crippen molar-refractivity contribution < 1.29 is 9.53 Å². The Bertz CT molecular complexity index is 277. The summed E-state index contributed by atoms with van der Waals surface area (Å²) < 4.78 is 5.49. The van der Waals surface area contributed by atoms with Crippen LogP contribution < -0.4 is 11.1 Å². The lowest BCUT2D eigenvalue weighted by Crippen LogP contribution is -2.57. The van der Waals surface area contributed by atoms with Crippen molar-refractivity contribution in [2.24, 2.45) is 11.7 Å². The Morgan fingerprint density at radius 1 is 1.47 bits per heavy atom. The molecular formula is C13H24N2O2. The smallest absolute Gasteiger partial charge is 0.240 e. The zero-order chi connectivity index (χ0) is 12.3. The number of nitrogens with two attached hydrogens (primary N) is 1. The van der Waals surface area contributed by atoms with Gasteiger partial charge in [-0.2, -0.15) is 0 Å². The molecule has 3 unspecified atom stereocenters.